The van der Waals surface area contributed by atoms with Crippen LogP contribution in [0.2, 0.25) is 0 Å². The van der Waals surface area contributed by atoms with E-state index in [1.165, 1.54) is 78.0 Å². The molecule has 4 saturated heterocycles. The van der Waals surface area contributed by atoms with Crippen molar-refractivity contribution in [3.05, 3.63) is 0 Å². The highest BCUT2D eigenvalue weighted by Gasteiger charge is 2.40. The highest BCUT2D eigenvalue weighted by Crippen LogP contribution is 2.32. The van der Waals surface area contributed by atoms with Crippen LogP contribution in [-0.2, 0) is 0 Å². The van der Waals surface area contributed by atoms with Gasteiger partial charge in [0.2, 0.25) is 0 Å². The summed E-state index contributed by atoms with van der Waals surface area (Å²) in [5.41, 5.74) is 0. The van der Waals surface area contributed by atoms with Gasteiger partial charge < -0.3 is 10.2 Å². The summed E-state index contributed by atoms with van der Waals surface area (Å²) in [6, 6.07) is 2.69. The van der Waals surface area contributed by atoms with Crippen LogP contribution < -0.4 is 5.32 Å². The lowest BCUT2D eigenvalue weighted by atomic mass is 9.92. The van der Waals surface area contributed by atoms with Crippen molar-refractivity contribution in [2.24, 2.45) is 0 Å². The summed E-state index contributed by atoms with van der Waals surface area (Å²) in [4.78, 5) is 8.23. The second kappa shape index (κ2) is 5.32. The van der Waals surface area contributed by atoms with Gasteiger partial charge in [-0.2, -0.15) is 0 Å². The maximum Gasteiger partial charge on any atom is 0.0351 e. The molecule has 2 unspecified atom stereocenters. The number of nitrogens with zero attached hydrogens (tertiary/aromatic N) is 3. The average molecular weight is 264 g/mol. The van der Waals surface area contributed by atoms with E-state index in [1.807, 2.05) is 0 Å². The third-order valence-corrected chi connectivity index (χ3v) is 5.87. The number of rotatable bonds is 2. The molecular weight excluding hydrogens is 236 g/mol. The molecule has 108 valence electrons. The fourth-order valence-electron chi connectivity index (χ4n) is 4.60. The molecule has 2 atom stereocenters. The van der Waals surface area contributed by atoms with Crippen LogP contribution >= 0.6 is 0 Å². The standard InChI is InChI=1S/C15H28N4/c1-2-13-10-14(3-7-17(13)6-1)19-11-15(12-19)18-8-4-16-5-9-18/h13-16H,1-12H2. The molecule has 4 heteroatoms. The molecule has 0 aliphatic carbocycles. The lowest BCUT2D eigenvalue weighted by molar-refractivity contribution is -0.0240. The minimum absolute atomic E-state index is 0.865. The van der Waals surface area contributed by atoms with E-state index < -0.39 is 0 Å². The SMILES string of the molecule is C1CC2CC(N3CC(N4CCNCC4)C3)CCN2C1. The molecule has 0 aromatic carbocycles. The highest BCUT2D eigenvalue weighted by atomic mass is 15.3. The monoisotopic (exact) mass is 264 g/mol. The Morgan fingerprint density at radius 1 is 0.684 bits per heavy atom. The zero-order chi connectivity index (χ0) is 12.7. The molecule has 4 rings (SSSR count). The van der Waals surface area contributed by atoms with Gasteiger partial charge in [-0.1, -0.05) is 0 Å². The van der Waals surface area contributed by atoms with E-state index in [-0.39, 0.29) is 0 Å². The maximum absolute atomic E-state index is 3.46. The number of likely N-dealkylation sites (tertiary alicyclic amines) is 1. The largest absolute Gasteiger partial charge is 0.314 e. The van der Waals surface area contributed by atoms with Gasteiger partial charge in [0, 0.05) is 57.4 Å². The first-order valence-corrected chi connectivity index (χ1v) is 8.33. The second-order valence-corrected chi connectivity index (χ2v) is 6.90. The van der Waals surface area contributed by atoms with Crippen LogP contribution in [0, 0.1) is 0 Å². The van der Waals surface area contributed by atoms with Gasteiger partial charge in [0.25, 0.3) is 0 Å². The Bertz CT molecular complexity index is 309. The Balaban J connectivity index is 1.26. The van der Waals surface area contributed by atoms with Crippen LogP contribution in [-0.4, -0.2) is 85.2 Å². The van der Waals surface area contributed by atoms with Gasteiger partial charge in [-0.25, -0.2) is 0 Å². The van der Waals surface area contributed by atoms with Gasteiger partial charge in [0.05, 0.1) is 0 Å². The summed E-state index contributed by atoms with van der Waals surface area (Å²) in [5, 5.41) is 3.46. The summed E-state index contributed by atoms with van der Waals surface area (Å²) < 4.78 is 0. The molecule has 4 nitrogen and oxygen atoms in total. The number of hydrogen-bond acceptors (Lipinski definition) is 4. The van der Waals surface area contributed by atoms with Gasteiger partial charge in [0.1, 0.15) is 0 Å². The molecule has 0 aromatic heterocycles. The lowest BCUT2D eigenvalue weighted by Gasteiger charge is -2.52. The van der Waals surface area contributed by atoms with Crippen molar-refractivity contribution < 1.29 is 0 Å². The van der Waals surface area contributed by atoms with Crippen molar-refractivity contribution in [2.45, 2.75) is 43.8 Å². The lowest BCUT2D eigenvalue weighted by Crippen LogP contribution is -2.66. The van der Waals surface area contributed by atoms with E-state index in [4.69, 9.17) is 0 Å². The van der Waals surface area contributed by atoms with Gasteiger partial charge in [-0.3, -0.25) is 9.80 Å². The molecule has 4 fully saturated rings. The Hall–Kier alpha value is -0.160. The Labute approximate surface area is 117 Å². The van der Waals surface area contributed by atoms with E-state index in [0.717, 1.165) is 18.1 Å². The van der Waals surface area contributed by atoms with Crippen LogP contribution in [0.25, 0.3) is 0 Å². The zero-order valence-corrected chi connectivity index (χ0v) is 12.1. The third-order valence-electron chi connectivity index (χ3n) is 5.87. The topological polar surface area (TPSA) is 21.8 Å². The minimum atomic E-state index is 0.865. The summed E-state index contributed by atoms with van der Waals surface area (Å²) in [7, 11) is 0. The van der Waals surface area contributed by atoms with Crippen LogP contribution in [0.1, 0.15) is 25.7 Å². The van der Waals surface area contributed by atoms with Gasteiger partial charge in [0.15, 0.2) is 0 Å². The molecule has 0 amide bonds. The average Bonchev–Trinajstić information content (AvgIpc) is 2.86. The zero-order valence-electron chi connectivity index (χ0n) is 12.1. The van der Waals surface area contributed by atoms with E-state index in [2.05, 4.69) is 20.0 Å². The predicted octanol–water partition coefficient (Wildman–Crippen LogP) is 0.203. The number of fused-ring (bicyclic) bond motifs is 1. The van der Waals surface area contributed by atoms with E-state index >= 15 is 0 Å². The maximum atomic E-state index is 3.46. The molecule has 0 radical (unpaired) electrons. The highest BCUT2D eigenvalue weighted by molar-refractivity contribution is 4.97. The summed E-state index contributed by atoms with van der Waals surface area (Å²) in [5.74, 6) is 0. The van der Waals surface area contributed by atoms with Crippen molar-refractivity contribution in [2.75, 3.05) is 52.4 Å². The molecule has 4 aliphatic heterocycles. The molecule has 0 bridgehead atoms. The first-order valence-electron chi connectivity index (χ1n) is 8.33. The quantitative estimate of drug-likeness (QED) is 0.769. The normalized spacial score (nSPS) is 39.2. The molecule has 0 spiro atoms. The van der Waals surface area contributed by atoms with Crippen molar-refractivity contribution in [1.29, 1.82) is 0 Å². The Kier molecular flexibility index (Phi) is 3.52. The Morgan fingerprint density at radius 2 is 1.42 bits per heavy atom. The third kappa shape index (κ3) is 2.44. The van der Waals surface area contributed by atoms with Crippen molar-refractivity contribution in [3.63, 3.8) is 0 Å². The Morgan fingerprint density at radius 3 is 2.26 bits per heavy atom. The molecule has 0 saturated carbocycles. The van der Waals surface area contributed by atoms with Crippen molar-refractivity contribution in [3.8, 4) is 0 Å². The van der Waals surface area contributed by atoms with Crippen LogP contribution in [0.4, 0.5) is 0 Å². The number of hydrogen-bond donors (Lipinski definition) is 1. The predicted molar refractivity (Wildman–Crippen MR) is 77.4 cm³/mol. The molecule has 0 aromatic rings. The molecular formula is C15H28N4. The first-order chi connectivity index (χ1) is 9.40. The van der Waals surface area contributed by atoms with Gasteiger partial charge in [-0.05, 0) is 38.8 Å². The summed E-state index contributed by atoms with van der Waals surface area (Å²) >= 11 is 0. The number of piperidine rings is 1. The summed E-state index contributed by atoms with van der Waals surface area (Å²) in [6.45, 7) is 10.3. The van der Waals surface area contributed by atoms with Crippen molar-refractivity contribution >= 4 is 0 Å². The van der Waals surface area contributed by atoms with Gasteiger partial charge in [-0.15, -0.1) is 0 Å². The fourth-order valence-corrected chi connectivity index (χ4v) is 4.60. The van der Waals surface area contributed by atoms with Crippen LogP contribution in [0.3, 0.4) is 0 Å². The van der Waals surface area contributed by atoms with Crippen molar-refractivity contribution in [1.82, 2.24) is 20.0 Å². The van der Waals surface area contributed by atoms with Crippen LogP contribution in [0.15, 0.2) is 0 Å². The van der Waals surface area contributed by atoms with E-state index in [0.29, 0.717) is 0 Å². The first kappa shape index (κ1) is 12.6. The second-order valence-electron chi connectivity index (χ2n) is 6.90. The molecule has 1 N–H and O–H groups in total. The van der Waals surface area contributed by atoms with E-state index in [1.54, 1.807) is 0 Å². The molecule has 19 heavy (non-hydrogen) atoms. The number of piperazine rings is 1. The smallest absolute Gasteiger partial charge is 0.0351 e. The van der Waals surface area contributed by atoms with Gasteiger partial charge >= 0.3 is 0 Å². The molecule has 4 aliphatic rings. The van der Waals surface area contributed by atoms with Crippen LogP contribution in [0.5, 0.6) is 0 Å². The molecule has 4 heterocycles. The fraction of sp³-hybridized carbons (Fsp3) is 1.00. The minimum Gasteiger partial charge on any atom is -0.314 e. The summed E-state index contributed by atoms with van der Waals surface area (Å²) in [6.07, 6.45) is 5.78. The van der Waals surface area contributed by atoms with E-state index in [9.17, 15) is 0 Å². The number of nitrogens with one attached hydrogen (secondary N) is 1.